The first-order chi connectivity index (χ1) is 12.7. The molecule has 2 heterocycles. The number of hydrogen-bond donors (Lipinski definition) is 0. The highest BCUT2D eigenvalue weighted by Crippen LogP contribution is 2.15. The van der Waals surface area contributed by atoms with E-state index in [1.54, 1.807) is 25.4 Å². The quantitative estimate of drug-likeness (QED) is 0.612. The number of benzene rings is 1. The van der Waals surface area contributed by atoms with Crippen LogP contribution >= 0.6 is 0 Å². The van der Waals surface area contributed by atoms with Gasteiger partial charge in [0, 0.05) is 18.9 Å². The molecule has 1 aromatic carbocycles. The third-order valence-electron chi connectivity index (χ3n) is 4.16. The van der Waals surface area contributed by atoms with Crippen molar-refractivity contribution < 1.29 is 14.3 Å². The van der Waals surface area contributed by atoms with Crippen LogP contribution in [0.1, 0.15) is 29.8 Å². The second-order valence-electron chi connectivity index (χ2n) is 5.86. The summed E-state index contributed by atoms with van der Waals surface area (Å²) in [6.07, 6.45) is 3.37. The van der Waals surface area contributed by atoms with Gasteiger partial charge in [-0.15, -0.1) is 0 Å². The van der Waals surface area contributed by atoms with Crippen LogP contribution < -0.4 is 5.43 Å². The molecule has 0 saturated heterocycles. The maximum atomic E-state index is 12.7. The molecule has 0 aliphatic carbocycles. The van der Waals surface area contributed by atoms with Crippen LogP contribution in [0.5, 0.6) is 0 Å². The molecule has 0 radical (unpaired) electrons. The van der Waals surface area contributed by atoms with Crippen LogP contribution in [0.25, 0.3) is 11.0 Å². The van der Waals surface area contributed by atoms with Crippen molar-refractivity contribution in [1.29, 1.82) is 0 Å². The van der Waals surface area contributed by atoms with Gasteiger partial charge in [0.1, 0.15) is 17.9 Å². The molecular weight excluding hydrogens is 332 g/mol. The minimum Gasteiger partial charge on any atom is -0.462 e. The van der Waals surface area contributed by atoms with Gasteiger partial charge >= 0.3 is 5.97 Å². The average molecular weight is 354 g/mol. The molecule has 0 N–H and O–H groups in total. The molecule has 0 atom stereocenters. The fourth-order valence-electron chi connectivity index (χ4n) is 2.92. The number of aromatic nitrogens is 2. The van der Waals surface area contributed by atoms with Gasteiger partial charge in [-0.05, 0) is 25.5 Å². The number of carbonyl (C=O) groups excluding carboxylic acids is 1. The molecule has 136 valence electrons. The summed E-state index contributed by atoms with van der Waals surface area (Å²) in [7, 11) is 0. The van der Waals surface area contributed by atoms with E-state index in [-0.39, 0.29) is 17.6 Å². The average Bonchev–Trinajstić information content (AvgIpc) is 3.08. The van der Waals surface area contributed by atoms with Crippen molar-refractivity contribution in [2.75, 3.05) is 6.61 Å². The Morgan fingerprint density at radius 1 is 1.08 bits per heavy atom. The second kappa shape index (κ2) is 8.01. The number of hydrogen-bond acceptors (Lipinski definition) is 4. The predicted octanol–water partition coefficient (Wildman–Crippen LogP) is 3.17. The van der Waals surface area contributed by atoms with Gasteiger partial charge in [-0.1, -0.05) is 30.3 Å². The van der Waals surface area contributed by atoms with E-state index < -0.39 is 5.97 Å². The van der Waals surface area contributed by atoms with Gasteiger partial charge < -0.3 is 18.6 Å². The summed E-state index contributed by atoms with van der Waals surface area (Å²) in [6.45, 7) is 5.33. The highest BCUT2D eigenvalue weighted by Gasteiger charge is 2.18. The number of aryl methyl sites for hydroxylation is 1. The first kappa shape index (κ1) is 17.9. The largest absolute Gasteiger partial charge is 0.462 e. The van der Waals surface area contributed by atoms with Crippen LogP contribution in [-0.2, 0) is 29.4 Å². The lowest BCUT2D eigenvalue weighted by Gasteiger charge is -2.13. The van der Waals surface area contributed by atoms with E-state index in [0.717, 1.165) is 11.2 Å². The van der Waals surface area contributed by atoms with E-state index in [1.165, 1.54) is 0 Å². The molecule has 3 rings (SSSR count). The lowest BCUT2D eigenvalue weighted by molar-refractivity contribution is 0.0524. The lowest BCUT2D eigenvalue weighted by atomic mass is 10.2. The fourth-order valence-corrected chi connectivity index (χ4v) is 2.92. The monoisotopic (exact) mass is 354 g/mol. The molecule has 6 heteroatoms. The Balaban J connectivity index is 1.89. The Labute approximate surface area is 151 Å². The number of nitrogens with zero attached hydrogens (tertiary/aromatic N) is 2. The second-order valence-corrected chi connectivity index (χ2v) is 5.86. The number of carbonyl (C=O) groups is 1. The van der Waals surface area contributed by atoms with E-state index in [0.29, 0.717) is 25.3 Å². The van der Waals surface area contributed by atoms with Crippen LogP contribution in [0.15, 0.2) is 53.6 Å². The SMILES string of the molecule is CCOC(=O)c1cn(CC)c2c(ccn2COCc2ccccc2)c1=O. The van der Waals surface area contributed by atoms with E-state index in [1.807, 2.05) is 46.4 Å². The van der Waals surface area contributed by atoms with Gasteiger partial charge in [0.05, 0.1) is 18.6 Å². The summed E-state index contributed by atoms with van der Waals surface area (Å²) in [5.41, 5.74) is 1.56. The molecule has 26 heavy (non-hydrogen) atoms. The number of ether oxygens (including phenoxy) is 2. The van der Waals surface area contributed by atoms with Gasteiger partial charge in [-0.2, -0.15) is 0 Å². The predicted molar refractivity (Wildman–Crippen MR) is 99.1 cm³/mol. The van der Waals surface area contributed by atoms with Gasteiger partial charge in [-0.25, -0.2) is 4.79 Å². The van der Waals surface area contributed by atoms with Crippen LogP contribution in [0.3, 0.4) is 0 Å². The number of fused-ring (bicyclic) bond motifs is 1. The highest BCUT2D eigenvalue weighted by molar-refractivity contribution is 5.93. The summed E-state index contributed by atoms with van der Waals surface area (Å²) >= 11 is 0. The Kier molecular flexibility index (Phi) is 5.53. The van der Waals surface area contributed by atoms with E-state index in [2.05, 4.69) is 0 Å². The fraction of sp³-hybridized carbons (Fsp3) is 0.300. The standard InChI is InChI=1S/C20H22N2O4/c1-3-21-12-17(20(24)26-4-2)18(23)16-10-11-22(19(16)21)14-25-13-15-8-6-5-7-9-15/h5-12H,3-4,13-14H2,1-2H3. The third kappa shape index (κ3) is 3.55. The number of pyridine rings is 1. The zero-order valence-corrected chi connectivity index (χ0v) is 15.0. The lowest BCUT2D eigenvalue weighted by Crippen LogP contribution is -2.21. The van der Waals surface area contributed by atoms with E-state index in [4.69, 9.17) is 9.47 Å². The smallest absolute Gasteiger partial charge is 0.343 e. The molecule has 0 aliphatic heterocycles. The Hall–Kier alpha value is -2.86. The Morgan fingerprint density at radius 3 is 2.54 bits per heavy atom. The first-order valence-corrected chi connectivity index (χ1v) is 8.66. The summed E-state index contributed by atoms with van der Waals surface area (Å²) in [4.78, 5) is 24.7. The van der Waals surface area contributed by atoms with Crippen LogP contribution in [0.4, 0.5) is 0 Å². The van der Waals surface area contributed by atoms with Gasteiger partial charge in [0.15, 0.2) is 0 Å². The van der Waals surface area contributed by atoms with E-state index >= 15 is 0 Å². The molecule has 0 aliphatic rings. The van der Waals surface area contributed by atoms with Gasteiger partial charge in [0.25, 0.3) is 0 Å². The first-order valence-electron chi connectivity index (χ1n) is 8.66. The van der Waals surface area contributed by atoms with Crippen LogP contribution in [0.2, 0.25) is 0 Å². The highest BCUT2D eigenvalue weighted by atomic mass is 16.5. The molecule has 0 unspecified atom stereocenters. The molecule has 3 aromatic rings. The third-order valence-corrected chi connectivity index (χ3v) is 4.16. The number of rotatable bonds is 7. The maximum Gasteiger partial charge on any atom is 0.343 e. The van der Waals surface area contributed by atoms with Crippen LogP contribution in [0, 0.1) is 0 Å². The molecule has 0 fully saturated rings. The minimum absolute atomic E-state index is 0.0594. The summed E-state index contributed by atoms with van der Waals surface area (Å²) in [5, 5.41) is 0.487. The maximum absolute atomic E-state index is 12.7. The zero-order valence-electron chi connectivity index (χ0n) is 15.0. The number of esters is 1. The van der Waals surface area contributed by atoms with Gasteiger partial charge in [0.2, 0.25) is 5.43 Å². The van der Waals surface area contributed by atoms with Crippen molar-refractivity contribution in [3.63, 3.8) is 0 Å². The van der Waals surface area contributed by atoms with Crippen molar-refractivity contribution in [3.05, 3.63) is 70.1 Å². The van der Waals surface area contributed by atoms with Crippen LogP contribution in [-0.4, -0.2) is 21.7 Å². The van der Waals surface area contributed by atoms with Crippen molar-refractivity contribution in [1.82, 2.24) is 9.13 Å². The summed E-state index contributed by atoms with van der Waals surface area (Å²) < 4.78 is 14.5. The molecule has 0 amide bonds. The van der Waals surface area contributed by atoms with Crippen molar-refractivity contribution in [2.45, 2.75) is 33.7 Å². The molecule has 6 nitrogen and oxygen atoms in total. The zero-order chi connectivity index (χ0) is 18.5. The van der Waals surface area contributed by atoms with Crippen molar-refractivity contribution in [2.24, 2.45) is 0 Å². The molecule has 2 aromatic heterocycles. The van der Waals surface area contributed by atoms with Gasteiger partial charge in [-0.3, -0.25) is 4.79 Å². The Bertz CT molecular complexity index is 957. The minimum atomic E-state index is -0.588. The molecule has 0 bridgehead atoms. The molecule has 0 spiro atoms. The van der Waals surface area contributed by atoms with Crippen molar-refractivity contribution >= 4 is 17.0 Å². The Morgan fingerprint density at radius 2 is 1.85 bits per heavy atom. The molecular formula is C20H22N2O4. The molecule has 0 saturated carbocycles. The summed E-state index contributed by atoms with van der Waals surface area (Å²) in [5.74, 6) is -0.588. The van der Waals surface area contributed by atoms with Crippen molar-refractivity contribution in [3.8, 4) is 0 Å². The topological polar surface area (TPSA) is 62.5 Å². The summed E-state index contributed by atoms with van der Waals surface area (Å²) in [6, 6.07) is 11.6. The normalized spacial score (nSPS) is 11.0. The van der Waals surface area contributed by atoms with E-state index in [9.17, 15) is 9.59 Å².